The Bertz CT molecular complexity index is 927. The first-order chi connectivity index (χ1) is 12.4. The number of hydrogen-bond donors (Lipinski definition) is 1. The Labute approximate surface area is 156 Å². The summed E-state index contributed by atoms with van der Waals surface area (Å²) in [6, 6.07) is 7.74. The fraction of sp³-hybridized carbons (Fsp3) is 0.300. The zero-order valence-electron chi connectivity index (χ0n) is 15.0. The van der Waals surface area contributed by atoms with E-state index in [4.69, 9.17) is 9.15 Å². The largest absolute Gasteiger partial charge is 0.464 e. The molecule has 1 amide bonds. The van der Waals surface area contributed by atoms with Crippen LogP contribution in [0.3, 0.4) is 0 Å². The van der Waals surface area contributed by atoms with Crippen LogP contribution in [-0.4, -0.2) is 18.5 Å². The maximum absolute atomic E-state index is 12.1. The quantitative estimate of drug-likeness (QED) is 0.663. The van der Waals surface area contributed by atoms with Crippen molar-refractivity contribution in [2.75, 3.05) is 6.61 Å². The molecule has 6 heteroatoms. The second-order valence-corrected chi connectivity index (χ2v) is 7.31. The van der Waals surface area contributed by atoms with Crippen molar-refractivity contribution >= 4 is 34.2 Å². The van der Waals surface area contributed by atoms with E-state index in [9.17, 15) is 9.59 Å². The van der Waals surface area contributed by atoms with E-state index in [1.807, 2.05) is 50.4 Å². The van der Waals surface area contributed by atoms with E-state index >= 15 is 0 Å². The molecule has 0 aliphatic heterocycles. The van der Waals surface area contributed by atoms with Gasteiger partial charge in [0, 0.05) is 15.8 Å². The van der Waals surface area contributed by atoms with E-state index in [1.54, 1.807) is 17.6 Å². The van der Waals surface area contributed by atoms with Crippen LogP contribution in [0.4, 0.5) is 0 Å². The van der Waals surface area contributed by atoms with E-state index in [-0.39, 0.29) is 25.0 Å². The third-order valence-electron chi connectivity index (χ3n) is 4.32. The first-order valence-corrected chi connectivity index (χ1v) is 9.27. The number of carbonyl (C=O) groups excluding carboxylic acids is 2. The van der Waals surface area contributed by atoms with Crippen LogP contribution < -0.4 is 5.32 Å². The van der Waals surface area contributed by atoms with Gasteiger partial charge in [-0.1, -0.05) is 6.07 Å². The van der Waals surface area contributed by atoms with Gasteiger partial charge in [-0.3, -0.25) is 9.59 Å². The molecule has 0 radical (unpaired) electrons. The standard InChI is InChI=1S/C20H21NO4S/c1-12-7-16-15(10-24-17(16)8-13(12)2)9-20(23)25-11-19(22)21-14(3)18-5-4-6-26-18/h4-8,10,14H,9,11H2,1-3H3,(H,21,22)/t14-/m1/s1. The molecule has 0 spiro atoms. The van der Waals surface area contributed by atoms with Crippen molar-refractivity contribution in [3.05, 3.63) is 57.5 Å². The molecule has 5 nitrogen and oxygen atoms in total. The summed E-state index contributed by atoms with van der Waals surface area (Å²) in [6.07, 6.45) is 1.65. The average molecular weight is 371 g/mol. The van der Waals surface area contributed by atoms with Gasteiger partial charge < -0.3 is 14.5 Å². The Morgan fingerprint density at radius 2 is 2.04 bits per heavy atom. The predicted octanol–water partition coefficient (Wildman–Crippen LogP) is 4.07. The number of furan rings is 1. The maximum Gasteiger partial charge on any atom is 0.310 e. The second kappa shape index (κ2) is 7.74. The number of fused-ring (bicyclic) bond motifs is 1. The molecule has 0 bridgehead atoms. The topological polar surface area (TPSA) is 68.5 Å². The molecule has 0 aliphatic rings. The van der Waals surface area contributed by atoms with Crippen LogP contribution in [-0.2, 0) is 20.7 Å². The number of carbonyl (C=O) groups is 2. The highest BCUT2D eigenvalue weighted by Gasteiger charge is 2.15. The van der Waals surface area contributed by atoms with Gasteiger partial charge in [-0.25, -0.2) is 0 Å². The van der Waals surface area contributed by atoms with Gasteiger partial charge in [-0.05, 0) is 55.5 Å². The van der Waals surface area contributed by atoms with Crippen molar-refractivity contribution < 1.29 is 18.7 Å². The minimum absolute atomic E-state index is 0.0727. The third kappa shape index (κ3) is 4.14. The minimum Gasteiger partial charge on any atom is -0.464 e. The molecule has 0 saturated heterocycles. The normalized spacial score (nSPS) is 12.1. The third-order valence-corrected chi connectivity index (χ3v) is 5.37. The number of amides is 1. The van der Waals surface area contributed by atoms with Gasteiger partial charge >= 0.3 is 5.97 Å². The molecule has 3 rings (SSSR count). The maximum atomic E-state index is 12.1. The van der Waals surface area contributed by atoms with E-state index in [0.29, 0.717) is 0 Å². The van der Waals surface area contributed by atoms with Crippen LogP contribution in [0.25, 0.3) is 11.0 Å². The number of ether oxygens (including phenoxy) is 1. The number of thiophene rings is 1. The van der Waals surface area contributed by atoms with Gasteiger partial charge in [-0.15, -0.1) is 11.3 Å². The van der Waals surface area contributed by atoms with Crippen LogP contribution in [0.2, 0.25) is 0 Å². The van der Waals surface area contributed by atoms with E-state index in [2.05, 4.69) is 5.32 Å². The molecule has 26 heavy (non-hydrogen) atoms. The summed E-state index contributed by atoms with van der Waals surface area (Å²) in [5.41, 5.74) is 3.78. The van der Waals surface area contributed by atoms with Crippen molar-refractivity contribution in [1.29, 1.82) is 0 Å². The van der Waals surface area contributed by atoms with Crippen LogP contribution in [0.15, 0.2) is 40.3 Å². The average Bonchev–Trinajstić information content (AvgIpc) is 3.25. The zero-order valence-corrected chi connectivity index (χ0v) is 15.8. The van der Waals surface area contributed by atoms with Crippen LogP contribution in [0.1, 0.15) is 34.5 Å². The summed E-state index contributed by atoms with van der Waals surface area (Å²) in [6.45, 7) is 5.64. The molecular weight excluding hydrogens is 350 g/mol. The molecule has 136 valence electrons. The Morgan fingerprint density at radius 3 is 2.77 bits per heavy atom. The lowest BCUT2D eigenvalue weighted by atomic mass is 10.0. The molecular formula is C20H21NO4S. The molecule has 0 saturated carbocycles. The Morgan fingerprint density at radius 1 is 1.27 bits per heavy atom. The predicted molar refractivity (Wildman–Crippen MR) is 101 cm³/mol. The zero-order chi connectivity index (χ0) is 18.7. The van der Waals surface area contributed by atoms with Crippen molar-refractivity contribution in [2.24, 2.45) is 0 Å². The smallest absolute Gasteiger partial charge is 0.310 e. The number of esters is 1. The molecule has 1 atom stereocenters. The number of nitrogens with one attached hydrogen (secondary N) is 1. The summed E-state index contributed by atoms with van der Waals surface area (Å²) in [5, 5.41) is 5.67. The lowest BCUT2D eigenvalue weighted by molar-refractivity contribution is -0.148. The summed E-state index contributed by atoms with van der Waals surface area (Å²) >= 11 is 1.57. The molecule has 0 fully saturated rings. The monoisotopic (exact) mass is 371 g/mol. The fourth-order valence-corrected chi connectivity index (χ4v) is 3.45. The molecule has 1 aromatic carbocycles. The van der Waals surface area contributed by atoms with Gasteiger partial charge in [0.15, 0.2) is 6.61 Å². The minimum atomic E-state index is -0.454. The van der Waals surface area contributed by atoms with Crippen LogP contribution in [0.5, 0.6) is 0 Å². The summed E-state index contributed by atoms with van der Waals surface area (Å²) in [7, 11) is 0. The first-order valence-electron chi connectivity index (χ1n) is 8.39. The van der Waals surface area contributed by atoms with Gasteiger partial charge in [0.1, 0.15) is 5.58 Å². The van der Waals surface area contributed by atoms with Crippen molar-refractivity contribution in [3.63, 3.8) is 0 Å². The highest BCUT2D eigenvalue weighted by Crippen LogP contribution is 2.25. The van der Waals surface area contributed by atoms with Gasteiger partial charge in [-0.2, -0.15) is 0 Å². The van der Waals surface area contributed by atoms with Crippen molar-refractivity contribution in [2.45, 2.75) is 33.2 Å². The highest BCUT2D eigenvalue weighted by molar-refractivity contribution is 7.10. The Balaban J connectivity index is 1.54. The number of hydrogen-bond acceptors (Lipinski definition) is 5. The van der Waals surface area contributed by atoms with Gasteiger partial charge in [0.05, 0.1) is 18.7 Å². The number of rotatable bonds is 6. The lowest BCUT2D eigenvalue weighted by Gasteiger charge is -2.12. The molecule has 2 aromatic heterocycles. The molecule has 2 heterocycles. The van der Waals surface area contributed by atoms with Crippen molar-refractivity contribution in [3.8, 4) is 0 Å². The number of benzene rings is 1. The fourth-order valence-electron chi connectivity index (χ4n) is 2.72. The molecule has 0 unspecified atom stereocenters. The van der Waals surface area contributed by atoms with Crippen LogP contribution >= 0.6 is 11.3 Å². The van der Waals surface area contributed by atoms with Crippen LogP contribution in [0, 0.1) is 13.8 Å². The SMILES string of the molecule is Cc1cc2occ(CC(=O)OCC(=O)N[C@H](C)c3cccs3)c2cc1C. The summed E-state index contributed by atoms with van der Waals surface area (Å²) < 4.78 is 10.6. The molecule has 0 aliphatic carbocycles. The Kier molecular flexibility index (Phi) is 5.42. The summed E-state index contributed by atoms with van der Waals surface area (Å²) in [5.74, 6) is -0.771. The van der Waals surface area contributed by atoms with Crippen molar-refractivity contribution in [1.82, 2.24) is 5.32 Å². The summed E-state index contributed by atoms with van der Waals surface area (Å²) in [4.78, 5) is 25.1. The lowest BCUT2D eigenvalue weighted by Crippen LogP contribution is -2.31. The number of aryl methyl sites for hydroxylation is 2. The second-order valence-electron chi connectivity index (χ2n) is 6.34. The van der Waals surface area contributed by atoms with Gasteiger partial charge in [0.2, 0.25) is 0 Å². The highest BCUT2D eigenvalue weighted by atomic mass is 32.1. The van der Waals surface area contributed by atoms with E-state index in [0.717, 1.165) is 32.5 Å². The van der Waals surface area contributed by atoms with Gasteiger partial charge in [0.25, 0.3) is 5.91 Å². The van der Waals surface area contributed by atoms with E-state index in [1.165, 1.54) is 0 Å². The first kappa shape index (κ1) is 18.2. The Hall–Kier alpha value is -2.60. The molecule has 1 N–H and O–H groups in total. The van der Waals surface area contributed by atoms with E-state index < -0.39 is 5.97 Å². The molecule has 3 aromatic rings.